The number of ketones is 1. The number of carbonyl (C=O) groups excluding carboxylic acids is 1. The van der Waals surface area contributed by atoms with Crippen LogP contribution < -0.4 is 0 Å². The molecule has 0 heterocycles. The monoisotopic (exact) mass is 344 g/mol. The van der Waals surface area contributed by atoms with Crippen molar-refractivity contribution < 1.29 is 9.00 Å². The van der Waals surface area contributed by atoms with E-state index < -0.39 is 10.8 Å². The first-order chi connectivity index (χ1) is 11.3. The third kappa shape index (κ3) is 1.83. The van der Waals surface area contributed by atoms with Crippen molar-refractivity contribution in [1.29, 1.82) is 0 Å². The van der Waals surface area contributed by atoms with Gasteiger partial charge in [-0.25, -0.2) is 0 Å². The van der Waals surface area contributed by atoms with Gasteiger partial charge in [-0.05, 0) is 54.1 Å². The lowest BCUT2D eigenvalue weighted by atomic mass is 9.56. The minimum atomic E-state index is -1.02. The molecule has 0 bridgehead atoms. The number of rotatable bonds is 3. The van der Waals surface area contributed by atoms with E-state index in [-0.39, 0.29) is 22.2 Å². The van der Waals surface area contributed by atoms with Crippen molar-refractivity contribution in [3.05, 3.63) is 30.3 Å². The van der Waals surface area contributed by atoms with Gasteiger partial charge < -0.3 is 0 Å². The van der Waals surface area contributed by atoms with E-state index in [0.29, 0.717) is 17.5 Å². The van der Waals surface area contributed by atoms with E-state index in [0.717, 1.165) is 17.7 Å². The predicted molar refractivity (Wildman–Crippen MR) is 97.1 cm³/mol. The number of hydrogen-bond acceptors (Lipinski definition) is 2. The SMILES string of the molecule is C[C@@H]1CC(=O)[C@@]2(C)C(CS(=O)c3ccccc3)C[C@]3(C)CCC[C@@]132. The van der Waals surface area contributed by atoms with Crippen LogP contribution in [0.25, 0.3) is 0 Å². The van der Waals surface area contributed by atoms with Crippen molar-refractivity contribution in [3.63, 3.8) is 0 Å². The quantitative estimate of drug-likeness (QED) is 0.802. The number of hydrogen-bond donors (Lipinski definition) is 0. The molecule has 0 amide bonds. The molecule has 0 saturated heterocycles. The molecule has 3 fully saturated rings. The van der Waals surface area contributed by atoms with Crippen molar-refractivity contribution in [2.45, 2.75) is 57.8 Å². The van der Waals surface area contributed by atoms with Gasteiger partial charge in [0.15, 0.2) is 0 Å². The molecule has 1 aromatic carbocycles. The normalized spacial score (nSPS) is 45.2. The van der Waals surface area contributed by atoms with Crippen LogP contribution in [-0.2, 0) is 15.6 Å². The number of Topliss-reactive ketones (excluding diaryl/α,β-unsaturated/α-hetero) is 1. The lowest BCUT2D eigenvalue weighted by molar-refractivity contribution is -0.131. The van der Waals surface area contributed by atoms with Crippen LogP contribution in [0.4, 0.5) is 0 Å². The minimum Gasteiger partial charge on any atom is -0.299 e. The molecule has 3 heteroatoms. The van der Waals surface area contributed by atoms with E-state index in [1.807, 2.05) is 30.3 Å². The summed E-state index contributed by atoms with van der Waals surface area (Å²) in [6.45, 7) is 6.93. The van der Waals surface area contributed by atoms with Crippen molar-refractivity contribution in [2.75, 3.05) is 5.75 Å². The molecule has 0 aromatic heterocycles. The molecule has 0 aliphatic heterocycles. The molecule has 24 heavy (non-hydrogen) atoms. The molecule has 3 saturated carbocycles. The lowest BCUT2D eigenvalue weighted by Crippen LogP contribution is -2.45. The van der Waals surface area contributed by atoms with Crippen LogP contribution in [-0.4, -0.2) is 15.7 Å². The van der Waals surface area contributed by atoms with E-state index in [4.69, 9.17) is 0 Å². The van der Waals surface area contributed by atoms with E-state index in [9.17, 15) is 9.00 Å². The summed E-state index contributed by atoms with van der Waals surface area (Å²) in [6, 6.07) is 9.75. The second kappa shape index (κ2) is 5.27. The minimum absolute atomic E-state index is 0.142. The highest BCUT2D eigenvalue weighted by atomic mass is 32.2. The summed E-state index contributed by atoms with van der Waals surface area (Å²) in [5.41, 5.74) is 0.115. The Morgan fingerprint density at radius 3 is 2.58 bits per heavy atom. The first kappa shape index (κ1) is 16.5. The molecule has 4 rings (SSSR count). The summed E-state index contributed by atoms with van der Waals surface area (Å²) < 4.78 is 12.9. The fourth-order valence-electron chi connectivity index (χ4n) is 7.14. The third-order valence-corrected chi connectivity index (χ3v) is 9.59. The summed E-state index contributed by atoms with van der Waals surface area (Å²) >= 11 is 0. The average molecular weight is 345 g/mol. The first-order valence-electron chi connectivity index (χ1n) is 9.32. The van der Waals surface area contributed by atoms with Crippen molar-refractivity contribution in [3.8, 4) is 0 Å². The molecule has 2 nitrogen and oxygen atoms in total. The topological polar surface area (TPSA) is 34.1 Å². The Balaban J connectivity index is 1.71. The van der Waals surface area contributed by atoms with Gasteiger partial charge in [0, 0.05) is 22.5 Å². The zero-order valence-electron chi connectivity index (χ0n) is 15.0. The number of benzene rings is 1. The maximum Gasteiger partial charge on any atom is 0.139 e. The first-order valence-corrected chi connectivity index (χ1v) is 10.6. The van der Waals surface area contributed by atoms with Crippen LogP contribution in [0.1, 0.15) is 52.9 Å². The molecular weight excluding hydrogens is 316 g/mol. The van der Waals surface area contributed by atoms with Crippen molar-refractivity contribution in [1.82, 2.24) is 0 Å². The van der Waals surface area contributed by atoms with E-state index in [2.05, 4.69) is 20.8 Å². The Labute approximate surface area is 147 Å². The van der Waals surface area contributed by atoms with Crippen LogP contribution >= 0.6 is 0 Å². The largest absolute Gasteiger partial charge is 0.299 e. The molecule has 2 unspecified atom stereocenters. The van der Waals surface area contributed by atoms with Gasteiger partial charge >= 0.3 is 0 Å². The van der Waals surface area contributed by atoms with Gasteiger partial charge in [-0.15, -0.1) is 0 Å². The molecule has 0 N–H and O–H groups in total. The van der Waals surface area contributed by atoms with E-state index in [1.54, 1.807) is 0 Å². The highest BCUT2D eigenvalue weighted by molar-refractivity contribution is 7.85. The zero-order chi connectivity index (χ0) is 17.2. The molecular formula is C21H28O2S. The predicted octanol–water partition coefficient (Wildman–Crippen LogP) is 4.61. The summed E-state index contributed by atoms with van der Waals surface area (Å²) in [5.74, 6) is 1.80. The fourth-order valence-corrected chi connectivity index (χ4v) is 8.61. The van der Waals surface area contributed by atoms with Gasteiger partial charge in [0.25, 0.3) is 0 Å². The van der Waals surface area contributed by atoms with Crippen molar-refractivity contribution in [2.24, 2.45) is 28.1 Å². The van der Waals surface area contributed by atoms with Gasteiger partial charge in [-0.3, -0.25) is 9.00 Å². The summed E-state index contributed by atoms with van der Waals surface area (Å²) in [7, 11) is -1.02. The Hall–Kier alpha value is -0.960. The lowest BCUT2D eigenvalue weighted by Gasteiger charge is -2.46. The van der Waals surface area contributed by atoms with Crippen LogP contribution in [0.5, 0.6) is 0 Å². The molecule has 1 aromatic rings. The van der Waals surface area contributed by atoms with Gasteiger partial charge in [-0.1, -0.05) is 45.4 Å². The summed E-state index contributed by atoms with van der Waals surface area (Å²) in [4.78, 5) is 14.0. The zero-order valence-corrected chi connectivity index (χ0v) is 15.8. The number of carbonyl (C=O) groups is 1. The van der Waals surface area contributed by atoms with E-state index >= 15 is 0 Å². The Morgan fingerprint density at radius 2 is 1.88 bits per heavy atom. The van der Waals surface area contributed by atoms with Crippen LogP contribution in [0.3, 0.4) is 0 Å². The summed E-state index contributed by atoms with van der Waals surface area (Å²) in [6.07, 6.45) is 5.45. The van der Waals surface area contributed by atoms with Gasteiger partial charge in [0.2, 0.25) is 0 Å². The molecule has 3 aliphatic rings. The second-order valence-electron chi connectivity index (χ2n) is 8.84. The maximum atomic E-state index is 13.1. The highest BCUT2D eigenvalue weighted by Crippen LogP contribution is 2.78. The van der Waals surface area contributed by atoms with E-state index in [1.165, 1.54) is 19.3 Å². The molecule has 130 valence electrons. The van der Waals surface area contributed by atoms with Crippen LogP contribution in [0, 0.1) is 28.1 Å². The van der Waals surface area contributed by atoms with Crippen LogP contribution in [0.2, 0.25) is 0 Å². The molecule has 1 spiro atoms. The second-order valence-corrected chi connectivity index (χ2v) is 10.3. The Kier molecular flexibility index (Phi) is 3.62. The third-order valence-electron chi connectivity index (χ3n) is 8.09. The highest BCUT2D eigenvalue weighted by Gasteiger charge is 2.76. The fraction of sp³-hybridized carbons (Fsp3) is 0.667. The van der Waals surface area contributed by atoms with Gasteiger partial charge in [0.1, 0.15) is 5.78 Å². The van der Waals surface area contributed by atoms with Gasteiger partial charge in [-0.2, -0.15) is 0 Å². The average Bonchev–Trinajstić information content (AvgIpc) is 3.06. The maximum absolute atomic E-state index is 13.1. The van der Waals surface area contributed by atoms with Crippen molar-refractivity contribution >= 4 is 16.6 Å². The van der Waals surface area contributed by atoms with Crippen LogP contribution in [0.15, 0.2) is 35.2 Å². The summed E-state index contributed by atoms with van der Waals surface area (Å²) in [5, 5.41) is 0. The molecule has 6 atom stereocenters. The molecule has 0 radical (unpaired) electrons. The Bertz CT molecular complexity index is 699. The standard InChI is InChI=1S/C21H28O2S/c1-15-12-18(22)20(3)16(13-19(2)10-7-11-21(15,19)20)14-24(23)17-8-5-4-6-9-17/h4-6,8-9,15-16H,7,10-14H2,1-3H3/t15-,16?,19+,20-,21-,24?/m1/s1. The van der Waals surface area contributed by atoms with Gasteiger partial charge in [0.05, 0.1) is 10.8 Å². The smallest absolute Gasteiger partial charge is 0.139 e. The molecule has 3 aliphatic carbocycles. The Morgan fingerprint density at radius 1 is 1.17 bits per heavy atom.